The summed E-state index contributed by atoms with van der Waals surface area (Å²) in [6.45, 7) is 15.4. The summed E-state index contributed by atoms with van der Waals surface area (Å²) >= 11 is -1.10. The van der Waals surface area contributed by atoms with Crippen molar-refractivity contribution >= 4 is 18.5 Å². The third-order valence-corrected chi connectivity index (χ3v) is 20.2. The van der Waals surface area contributed by atoms with Crippen molar-refractivity contribution in [3.05, 3.63) is 179 Å². The van der Waals surface area contributed by atoms with Crippen LogP contribution in [0.4, 0.5) is 0 Å². The van der Waals surface area contributed by atoms with Gasteiger partial charge in [0.2, 0.25) is 0 Å². The summed E-state index contributed by atoms with van der Waals surface area (Å²) in [5.41, 5.74) is 20.8. The van der Waals surface area contributed by atoms with E-state index >= 15 is 0 Å². The van der Waals surface area contributed by atoms with E-state index in [1.165, 1.54) is 44.5 Å². The van der Waals surface area contributed by atoms with Crippen LogP contribution in [0.2, 0.25) is 13.1 Å². The first-order valence-electron chi connectivity index (χ1n) is 19.1. The zero-order valence-corrected chi connectivity index (χ0v) is 36.9. The van der Waals surface area contributed by atoms with Gasteiger partial charge in [0.25, 0.3) is 0 Å². The van der Waals surface area contributed by atoms with Crippen molar-refractivity contribution in [1.29, 1.82) is 0 Å². The van der Waals surface area contributed by atoms with Gasteiger partial charge in [-0.2, -0.15) is 0 Å². The van der Waals surface area contributed by atoms with Gasteiger partial charge in [-0.3, -0.25) is 0 Å². The van der Waals surface area contributed by atoms with Gasteiger partial charge in [0.05, 0.1) is 0 Å². The maximum atomic E-state index is 2.72. The Morgan fingerprint density at radius 3 is 1.11 bits per heavy atom. The quantitative estimate of drug-likeness (QED) is 0.150. The van der Waals surface area contributed by atoms with Crippen LogP contribution in [0, 0.1) is 11.8 Å². The molecule has 2 atom stereocenters. The fraction of sp³-hybridized carbons (Fsp3) is 0.200. The van der Waals surface area contributed by atoms with Crippen molar-refractivity contribution in [2.24, 2.45) is 11.8 Å². The number of halogens is 2. The summed E-state index contributed by atoms with van der Waals surface area (Å²) in [5.74, 6) is 1.03. The zero-order valence-electron chi connectivity index (χ0n) is 31.9. The molecule has 1 heterocycles. The van der Waals surface area contributed by atoms with Gasteiger partial charge in [-0.05, 0) is 0 Å². The van der Waals surface area contributed by atoms with E-state index in [0.29, 0.717) is 19.1 Å². The molecule has 0 N–H and O–H groups in total. The van der Waals surface area contributed by atoms with E-state index in [1.54, 1.807) is 43.8 Å². The first-order valence-corrected chi connectivity index (χ1v) is 24.9. The predicted molar refractivity (Wildman–Crippen MR) is 221 cm³/mol. The molecule has 0 amide bonds. The topological polar surface area (TPSA) is 0 Å². The van der Waals surface area contributed by atoms with E-state index in [9.17, 15) is 0 Å². The monoisotopic (exact) mass is 834 g/mol. The standard InChI is InChI=1S/C50H46Si.2ClH.Zr/c1-33(2)45-31-37-23-17-29-43(41-27-15-13-25-39(41)35-19-9-7-10-20-35)47(37)49(45)51(5,6)50-46(34(3)4)32-38-24-18-30-44(48(38)50)42-28-16-14-26-40(42)36-21-11-8-12-22-36;;;/h7-34H,1-6H3;2*1H;/q;;;+2/p-2. The van der Waals surface area contributed by atoms with Crippen molar-refractivity contribution in [2.75, 3.05) is 0 Å². The van der Waals surface area contributed by atoms with Crippen molar-refractivity contribution in [1.82, 2.24) is 0 Å². The normalized spacial score (nSPS) is 17.5. The van der Waals surface area contributed by atoms with Crippen molar-refractivity contribution < 1.29 is 48.0 Å². The Hall–Kier alpha value is -3.52. The Balaban J connectivity index is 0.00000225. The second-order valence-electron chi connectivity index (χ2n) is 16.0. The second-order valence-corrected chi connectivity index (χ2v) is 23.9. The number of hydrogen-bond acceptors (Lipinski definition) is 0. The molecule has 9 rings (SSSR count). The molecule has 0 aromatic heterocycles. The molecule has 6 aromatic rings. The molecule has 4 heteroatoms. The Kier molecular flexibility index (Phi) is 10.9. The third-order valence-electron chi connectivity index (χ3n) is 11.9. The van der Waals surface area contributed by atoms with Gasteiger partial charge in [0.15, 0.2) is 0 Å². The third kappa shape index (κ3) is 6.04. The van der Waals surface area contributed by atoms with E-state index in [1.807, 2.05) is 0 Å². The SMILES string of the molecule is CC(C)C1=C2c3c(-c4ccccc4-c4ccccc4)cccc3[CH]1[Zr+2][CH]1C(C(C)C)=C(c3c(-c4ccccc4-c4ccccc4)cccc31)[Si]2(C)C.[Cl-].[Cl-]. The molecule has 4 bridgehead atoms. The minimum Gasteiger partial charge on any atom is -1.00 e. The van der Waals surface area contributed by atoms with Crippen LogP contribution >= 0.6 is 0 Å². The molecular weight excluding hydrogens is 791 g/mol. The van der Waals surface area contributed by atoms with Crippen molar-refractivity contribution in [3.8, 4) is 44.5 Å². The molecule has 0 nitrogen and oxygen atoms in total. The Morgan fingerprint density at radius 2 is 0.741 bits per heavy atom. The maximum absolute atomic E-state index is 2.72. The molecule has 0 spiro atoms. The van der Waals surface area contributed by atoms with Gasteiger partial charge >= 0.3 is 325 Å². The molecule has 2 unspecified atom stereocenters. The number of hydrogen-bond donors (Lipinski definition) is 0. The summed E-state index contributed by atoms with van der Waals surface area (Å²) in [5, 5.41) is 3.49. The molecule has 2 aliphatic carbocycles. The Morgan fingerprint density at radius 1 is 0.407 bits per heavy atom. The average Bonchev–Trinajstić information content (AvgIpc) is 3.71. The molecule has 0 saturated carbocycles. The molecule has 0 radical (unpaired) electrons. The summed E-state index contributed by atoms with van der Waals surface area (Å²) < 4.78 is 1.16. The Labute approximate surface area is 347 Å². The molecule has 54 heavy (non-hydrogen) atoms. The fourth-order valence-corrected chi connectivity index (χ4v) is 21.1. The number of benzene rings is 6. The van der Waals surface area contributed by atoms with E-state index in [2.05, 4.69) is 186 Å². The molecule has 268 valence electrons. The zero-order chi connectivity index (χ0) is 35.7. The van der Waals surface area contributed by atoms with Gasteiger partial charge in [-0.25, -0.2) is 0 Å². The van der Waals surface area contributed by atoms with Crippen molar-refractivity contribution in [3.63, 3.8) is 0 Å². The molecule has 0 saturated heterocycles. The van der Waals surface area contributed by atoms with Crippen molar-refractivity contribution in [2.45, 2.75) is 48.0 Å². The van der Waals surface area contributed by atoms with E-state index < -0.39 is 31.3 Å². The number of fused-ring (bicyclic) bond motifs is 8. The minimum absolute atomic E-state index is 0. The average molecular weight is 837 g/mol. The van der Waals surface area contributed by atoms with Crippen LogP contribution in [0.25, 0.3) is 54.9 Å². The van der Waals surface area contributed by atoms with Crippen LogP contribution in [-0.4, -0.2) is 8.07 Å². The van der Waals surface area contributed by atoms with Gasteiger partial charge in [0, 0.05) is 0 Å². The number of rotatable bonds is 6. The van der Waals surface area contributed by atoms with Crippen LogP contribution in [0.1, 0.15) is 57.2 Å². The largest absolute Gasteiger partial charge is 1.00 e. The van der Waals surface area contributed by atoms with E-state index in [4.69, 9.17) is 0 Å². The summed E-state index contributed by atoms with van der Waals surface area (Å²) in [7, 11) is -2.34. The summed E-state index contributed by atoms with van der Waals surface area (Å²) in [6, 6.07) is 55.0. The smallest absolute Gasteiger partial charge is 1.00 e. The summed E-state index contributed by atoms with van der Waals surface area (Å²) in [6.07, 6.45) is 0. The first-order chi connectivity index (χ1) is 25.3. The molecule has 3 aliphatic rings. The number of allylic oxidation sites excluding steroid dienone is 2. The van der Waals surface area contributed by atoms with E-state index in [-0.39, 0.29) is 24.8 Å². The van der Waals surface area contributed by atoms with Crippen LogP contribution < -0.4 is 24.8 Å². The van der Waals surface area contributed by atoms with Gasteiger partial charge in [0.1, 0.15) is 0 Å². The van der Waals surface area contributed by atoms with Crippen LogP contribution in [0.3, 0.4) is 0 Å². The second kappa shape index (κ2) is 15.2. The van der Waals surface area contributed by atoms with E-state index in [0.717, 1.165) is 0 Å². The van der Waals surface area contributed by atoms with Crippen LogP contribution in [-0.2, 0) is 23.2 Å². The predicted octanol–water partition coefficient (Wildman–Crippen LogP) is 7.87. The minimum atomic E-state index is -2.34. The molecular formula is C50H46Cl2SiZr. The van der Waals surface area contributed by atoms with Crippen LogP contribution in [0.15, 0.2) is 157 Å². The molecule has 0 fully saturated rings. The Bertz CT molecular complexity index is 2250. The van der Waals surface area contributed by atoms with Gasteiger partial charge in [-0.1, -0.05) is 0 Å². The molecule has 6 aromatic carbocycles. The summed E-state index contributed by atoms with van der Waals surface area (Å²) in [4.78, 5) is 0. The fourth-order valence-electron chi connectivity index (χ4n) is 9.96. The van der Waals surface area contributed by atoms with Gasteiger partial charge in [-0.15, -0.1) is 0 Å². The van der Waals surface area contributed by atoms with Gasteiger partial charge < -0.3 is 24.8 Å². The van der Waals surface area contributed by atoms with Crippen LogP contribution in [0.5, 0.6) is 0 Å². The maximum Gasteiger partial charge on any atom is -1.00 e. The first kappa shape index (κ1) is 38.7. The molecule has 1 aliphatic heterocycles.